The van der Waals surface area contributed by atoms with Gasteiger partial charge in [0, 0.05) is 6.61 Å². The van der Waals surface area contributed by atoms with E-state index in [9.17, 15) is 4.79 Å². The SMILES string of the molecule is CC(C)CONC(=O)C1OCCC1C. The molecule has 0 aromatic rings. The van der Waals surface area contributed by atoms with Gasteiger partial charge in [-0.15, -0.1) is 0 Å². The van der Waals surface area contributed by atoms with Crippen LogP contribution in [0.5, 0.6) is 0 Å². The van der Waals surface area contributed by atoms with E-state index in [-0.39, 0.29) is 17.9 Å². The monoisotopic (exact) mass is 201 g/mol. The number of hydrogen-bond donors (Lipinski definition) is 1. The largest absolute Gasteiger partial charge is 0.368 e. The van der Waals surface area contributed by atoms with Crippen LogP contribution in [0.3, 0.4) is 0 Å². The number of rotatable bonds is 4. The van der Waals surface area contributed by atoms with E-state index < -0.39 is 0 Å². The summed E-state index contributed by atoms with van der Waals surface area (Å²) in [6, 6.07) is 0. The zero-order valence-corrected chi connectivity index (χ0v) is 9.08. The van der Waals surface area contributed by atoms with Crippen molar-refractivity contribution in [2.24, 2.45) is 11.8 Å². The molecule has 0 aliphatic carbocycles. The lowest BCUT2D eigenvalue weighted by atomic mass is 10.0. The van der Waals surface area contributed by atoms with E-state index in [2.05, 4.69) is 5.48 Å². The van der Waals surface area contributed by atoms with Gasteiger partial charge >= 0.3 is 0 Å². The first kappa shape index (κ1) is 11.5. The Balaban J connectivity index is 2.21. The van der Waals surface area contributed by atoms with Crippen LogP contribution in [-0.2, 0) is 14.4 Å². The summed E-state index contributed by atoms with van der Waals surface area (Å²) >= 11 is 0. The molecule has 1 aliphatic rings. The molecule has 82 valence electrons. The zero-order valence-electron chi connectivity index (χ0n) is 9.08. The smallest absolute Gasteiger partial charge is 0.272 e. The molecule has 1 N–H and O–H groups in total. The summed E-state index contributed by atoms with van der Waals surface area (Å²) in [4.78, 5) is 16.5. The molecule has 2 unspecified atom stereocenters. The van der Waals surface area contributed by atoms with Crippen LogP contribution in [0.1, 0.15) is 27.2 Å². The molecular weight excluding hydrogens is 182 g/mol. The second kappa shape index (κ2) is 5.32. The Morgan fingerprint density at radius 1 is 1.64 bits per heavy atom. The van der Waals surface area contributed by atoms with Crippen LogP contribution < -0.4 is 5.48 Å². The lowest BCUT2D eigenvalue weighted by Crippen LogP contribution is -2.37. The van der Waals surface area contributed by atoms with E-state index in [0.717, 1.165) is 6.42 Å². The predicted molar refractivity (Wildman–Crippen MR) is 52.5 cm³/mol. The molecule has 0 spiro atoms. The average Bonchev–Trinajstić information content (AvgIpc) is 2.50. The van der Waals surface area contributed by atoms with E-state index in [4.69, 9.17) is 9.57 Å². The molecule has 0 saturated carbocycles. The van der Waals surface area contributed by atoms with E-state index in [0.29, 0.717) is 19.1 Å². The number of hydroxylamine groups is 1. The van der Waals surface area contributed by atoms with Gasteiger partial charge in [0.25, 0.3) is 5.91 Å². The van der Waals surface area contributed by atoms with Crippen molar-refractivity contribution in [1.29, 1.82) is 0 Å². The molecule has 1 saturated heterocycles. The van der Waals surface area contributed by atoms with E-state index in [1.54, 1.807) is 0 Å². The number of hydrogen-bond acceptors (Lipinski definition) is 3. The third kappa shape index (κ3) is 3.27. The number of amides is 1. The summed E-state index contributed by atoms with van der Waals surface area (Å²) < 4.78 is 5.29. The van der Waals surface area contributed by atoms with Crippen LogP contribution in [0.4, 0.5) is 0 Å². The summed E-state index contributed by atoms with van der Waals surface area (Å²) in [7, 11) is 0. The molecule has 0 bridgehead atoms. The first-order valence-corrected chi connectivity index (χ1v) is 5.14. The zero-order chi connectivity index (χ0) is 10.6. The molecule has 4 heteroatoms. The van der Waals surface area contributed by atoms with Gasteiger partial charge in [0.05, 0.1) is 6.61 Å². The Labute approximate surface area is 84.9 Å². The molecule has 1 rings (SSSR count). The van der Waals surface area contributed by atoms with E-state index in [1.165, 1.54) is 0 Å². The lowest BCUT2D eigenvalue weighted by Gasteiger charge is -2.14. The van der Waals surface area contributed by atoms with Gasteiger partial charge in [0.1, 0.15) is 6.10 Å². The van der Waals surface area contributed by atoms with Crippen molar-refractivity contribution in [2.75, 3.05) is 13.2 Å². The number of ether oxygens (including phenoxy) is 1. The quantitative estimate of drug-likeness (QED) is 0.693. The molecule has 14 heavy (non-hydrogen) atoms. The van der Waals surface area contributed by atoms with Gasteiger partial charge in [-0.05, 0) is 18.3 Å². The number of carbonyl (C=O) groups excluding carboxylic acids is 1. The van der Waals surface area contributed by atoms with Crippen LogP contribution in [0.2, 0.25) is 0 Å². The van der Waals surface area contributed by atoms with Crippen molar-refractivity contribution < 1.29 is 14.4 Å². The molecule has 0 aromatic heterocycles. The fourth-order valence-corrected chi connectivity index (χ4v) is 1.37. The molecule has 2 atom stereocenters. The Morgan fingerprint density at radius 3 is 2.86 bits per heavy atom. The van der Waals surface area contributed by atoms with Crippen molar-refractivity contribution in [2.45, 2.75) is 33.3 Å². The van der Waals surface area contributed by atoms with E-state index in [1.807, 2.05) is 20.8 Å². The minimum absolute atomic E-state index is 0.157. The van der Waals surface area contributed by atoms with Gasteiger partial charge in [-0.1, -0.05) is 20.8 Å². The Kier molecular flexibility index (Phi) is 4.35. The van der Waals surface area contributed by atoms with Crippen molar-refractivity contribution in [3.63, 3.8) is 0 Å². The first-order chi connectivity index (χ1) is 6.61. The predicted octanol–water partition coefficient (Wildman–Crippen LogP) is 1.12. The van der Waals surface area contributed by atoms with Crippen molar-refractivity contribution >= 4 is 5.91 Å². The Morgan fingerprint density at radius 2 is 2.36 bits per heavy atom. The molecule has 1 aliphatic heterocycles. The second-order valence-corrected chi connectivity index (χ2v) is 4.23. The minimum atomic E-state index is -0.331. The topological polar surface area (TPSA) is 47.6 Å². The molecule has 1 amide bonds. The van der Waals surface area contributed by atoms with Crippen LogP contribution in [0.15, 0.2) is 0 Å². The summed E-state index contributed by atoms with van der Waals surface area (Å²) in [5, 5.41) is 0. The van der Waals surface area contributed by atoms with Crippen LogP contribution in [-0.4, -0.2) is 25.2 Å². The Hall–Kier alpha value is -0.610. The number of carbonyl (C=O) groups is 1. The highest BCUT2D eigenvalue weighted by atomic mass is 16.7. The fourth-order valence-electron chi connectivity index (χ4n) is 1.37. The highest BCUT2D eigenvalue weighted by Gasteiger charge is 2.30. The molecular formula is C10H19NO3. The van der Waals surface area contributed by atoms with E-state index >= 15 is 0 Å². The molecule has 1 heterocycles. The molecule has 4 nitrogen and oxygen atoms in total. The van der Waals surface area contributed by atoms with Gasteiger partial charge in [-0.2, -0.15) is 0 Å². The maximum Gasteiger partial charge on any atom is 0.272 e. The maximum atomic E-state index is 11.5. The van der Waals surface area contributed by atoms with Crippen LogP contribution >= 0.6 is 0 Å². The summed E-state index contributed by atoms with van der Waals surface area (Å²) in [5.41, 5.74) is 2.42. The highest BCUT2D eigenvalue weighted by molar-refractivity contribution is 5.80. The van der Waals surface area contributed by atoms with Gasteiger partial charge in [-0.3, -0.25) is 9.63 Å². The summed E-state index contributed by atoms with van der Waals surface area (Å²) in [5.74, 6) is 0.547. The summed E-state index contributed by atoms with van der Waals surface area (Å²) in [6.07, 6.45) is 0.615. The van der Waals surface area contributed by atoms with Crippen LogP contribution in [0, 0.1) is 11.8 Å². The van der Waals surface area contributed by atoms with Crippen molar-refractivity contribution in [3.8, 4) is 0 Å². The number of nitrogens with one attached hydrogen (secondary N) is 1. The molecule has 0 aromatic carbocycles. The van der Waals surface area contributed by atoms with Gasteiger partial charge in [-0.25, -0.2) is 5.48 Å². The highest BCUT2D eigenvalue weighted by Crippen LogP contribution is 2.19. The van der Waals surface area contributed by atoms with Gasteiger partial charge < -0.3 is 4.74 Å². The average molecular weight is 201 g/mol. The second-order valence-electron chi connectivity index (χ2n) is 4.23. The van der Waals surface area contributed by atoms with Crippen molar-refractivity contribution in [1.82, 2.24) is 5.48 Å². The third-order valence-corrected chi connectivity index (χ3v) is 2.24. The molecule has 0 radical (unpaired) electrons. The summed E-state index contributed by atoms with van der Waals surface area (Å²) in [6.45, 7) is 7.28. The maximum absolute atomic E-state index is 11.5. The fraction of sp³-hybridized carbons (Fsp3) is 0.900. The third-order valence-electron chi connectivity index (χ3n) is 2.24. The Bertz CT molecular complexity index is 194. The molecule has 1 fully saturated rings. The normalized spacial score (nSPS) is 26.9. The van der Waals surface area contributed by atoms with Crippen molar-refractivity contribution in [3.05, 3.63) is 0 Å². The standard InChI is InChI=1S/C10H19NO3/c1-7(2)6-14-11-10(12)9-8(3)4-5-13-9/h7-9H,4-6H2,1-3H3,(H,11,12). The van der Waals surface area contributed by atoms with Gasteiger partial charge in [0.15, 0.2) is 0 Å². The minimum Gasteiger partial charge on any atom is -0.368 e. The van der Waals surface area contributed by atoms with Crippen LogP contribution in [0.25, 0.3) is 0 Å². The lowest BCUT2D eigenvalue weighted by molar-refractivity contribution is -0.145. The first-order valence-electron chi connectivity index (χ1n) is 5.14. The van der Waals surface area contributed by atoms with Gasteiger partial charge in [0.2, 0.25) is 0 Å².